The Morgan fingerprint density at radius 3 is 2.14 bits per heavy atom. The molecule has 1 heteroatoms. The Morgan fingerprint density at radius 1 is 1.00 bits per heavy atom. The van der Waals surface area contributed by atoms with Crippen LogP contribution in [0.3, 0.4) is 0 Å². The Hall–Kier alpha value is -0.0400. The SMILES string of the molecule is CC(C)(C)C[C@@H]1CCCCCC[C@@H]1N. The van der Waals surface area contributed by atoms with Crippen molar-refractivity contribution in [3.05, 3.63) is 0 Å². The highest BCUT2D eigenvalue weighted by Gasteiger charge is 2.24. The van der Waals surface area contributed by atoms with Crippen LogP contribution < -0.4 is 5.73 Å². The fourth-order valence-corrected chi connectivity index (χ4v) is 2.63. The molecule has 0 aromatic carbocycles. The third-order valence-electron chi connectivity index (χ3n) is 3.34. The Balaban J connectivity index is 2.45. The van der Waals surface area contributed by atoms with E-state index in [-0.39, 0.29) is 0 Å². The second kappa shape index (κ2) is 5.16. The molecule has 1 nitrogen and oxygen atoms in total. The Kier molecular flexibility index (Phi) is 4.43. The second-order valence-corrected chi connectivity index (χ2v) is 6.18. The first-order chi connectivity index (χ1) is 6.49. The smallest absolute Gasteiger partial charge is 0.00673 e. The lowest BCUT2D eigenvalue weighted by molar-refractivity contribution is 0.228. The molecule has 0 aliphatic heterocycles. The first kappa shape index (κ1) is 12.0. The van der Waals surface area contributed by atoms with Crippen LogP contribution in [0.1, 0.15) is 65.7 Å². The van der Waals surface area contributed by atoms with Gasteiger partial charge in [-0.3, -0.25) is 0 Å². The minimum Gasteiger partial charge on any atom is -0.327 e. The van der Waals surface area contributed by atoms with Gasteiger partial charge in [0.25, 0.3) is 0 Å². The topological polar surface area (TPSA) is 26.0 Å². The summed E-state index contributed by atoms with van der Waals surface area (Å²) in [6, 6.07) is 0.467. The summed E-state index contributed by atoms with van der Waals surface area (Å²) in [7, 11) is 0. The number of hydrogen-bond donors (Lipinski definition) is 1. The molecule has 0 aromatic rings. The van der Waals surface area contributed by atoms with Gasteiger partial charge in [-0.05, 0) is 30.6 Å². The summed E-state index contributed by atoms with van der Waals surface area (Å²) in [4.78, 5) is 0. The van der Waals surface area contributed by atoms with Crippen LogP contribution >= 0.6 is 0 Å². The maximum absolute atomic E-state index is 6.26. The van der Waals surface area contributed by atoms with E-state index in [0.717, 1.165) is 5.92 Å². The molecule has 0 heterocycles. The van der Waals surface area contributed by atoms with E-state index < -0.39 is 0 Å². The van der Waals surface area contributed by atoms with Crippen LogP contribution in [0.2, 0.25) is 0 Å². The van der Waals surface area contributed by atoms with Gasteiger partial charge in [0.2, 0.25) is 0 Å². The molecule has 1 saturated carbocycles. The van der Waals surface area contributed by atoms with Gasteiger partial charge in [-0.15, -0.1) is 0 Å². The molecule has 0 unspecified atom stereocenters. The van der Waals surface area contributed by atoms with Crippen molar-refractivity contribution in [1.82, 2.24) is 0 Å². The van der Waals surface area contributed by atoms with E-state index >= 15 is 0 Å². The quantitative estimate of drug-likeness (QED) is 0.681. The molecule has 1 aliphatic carbocycles. The Morgan fingerprint density at radius 2 is 1.57 bits per heavy atom. The summed E-state index contributed by atoms with van der Waals surface area (Å²) < 4.78 is 0. The zero-order valence-electron chi connectivity index (χ0n) is 10.2. The van der Waals surface area contributed by atoms with Crippen molar-refractivity contribution in [3.8, 4) is 0 Å². The Labute approximate surface area is 89.5 Å². The van der Waals surface area contributed by atoms with Crippen LogP contribution in [0, 0.1) is 11.3 Å². The van der Waals surface area contributed by atoms with E-state index in [4.69, 9.17) is 5.73 Å². The van der Waals surface area contributed by atoms with Gasteiger partial charge in [-0.25, -0.2) is 0 Å². The van der Waals surface area contributed by atoms with E-state index in [0.29, 0.717) is 11.5 Å². The summed E-state index contributed by atoms with van der Waals surface area (Å²) in [5.74, 6) is 0.773. The molecule has 0 amide bonds. The lowest BCUT2D eigenvalue weighted by atomic mass is 9.77. The zero-order chi connectivity index (χ0) is 10.6. The molecule has 0 aromatic heterocycles. The van der Waals surface area contributed by atoms with Crippen molar-refractivity contribution in [2.45, 2.75) is 71.8 Å². The molecule has 0 spiro atoms. The van der Waals surface area contributed by atoms with E-state index in [2.05, 4.69) is 20.8 Å². The second-order valence-electron chi connectivity index (χ2n) is 6.18. The van der Waals surface area contributed by atoms with E-state index in [1.54, 1.807) is 0 Å². The largest absolute Gasteiger partial charge is 0.327 e. The molecule has 1 rings (SSSR count). The number of rotatable bonds is 1. The summed E-state index contributed by atoms with van der Waals surface area (Å²) >= 11 is 0. The predicted molar refractivity (Wildman–Crippen MR) is 63.2 cm³/mol. The zero-order valence-corrected chi connectivity index (χ0v) is 10.2. The number of hydrogen-bond acceptors (Lipinski definition) is 1. The van der Waals surface area contributed by atoms with Crippen LogP contribution in [0.15, 0.2) is 0 Å². The van der Waals surface area contributed by atoms with E-state index in [1.807, 2.05) is 0 Å². The van der Waals surface area contributed by atoms with Crippen LogP contribution in [-0.2, 0) is 0 Å². The van der Waals surface area contributed by atoms with Gasteiger partial charge in [0.1, 0.15) is 0 Å². The lowest BCUT2D eigenvalue weighted by Crippen LogP contribution is -2.33. The van der Waals surface area contributed by atoms with Gasteiger partial charge in [0.15, 0.2) is 0 Å². The van der Waals surface area contributed by atoms with Crippen molar-refractivity contribution >= 4 is 0 Å². The van der Waals surface area contributed by atoms with Crippen molar-refractivity contribution in [2.24, 2.45) is 17.1 Å². The Bertz CT molecular complexity index is 157. The fraction of sp³-hybridized carbons (Fsp3) is 1.00. The molecular formula is C13H27N. The lowest BCUT2D eigenvalue weighted by Gasteiger charge is -2.31. The third-order valence-corrected chi connectivity index (χ3v) is 3.34. The summed E-state index contributed by atoms with van der Waals surface area (Å²) in [5.41, 5.74) is 6.70. The molecular weight excluding hydrogens is 170 g/mol. The van der Waals surface area contributed by atoms with Gasteiger partial charge in [-0.1, -0.05) is 46.5 Å². The number of nitrogens with two attached hydrogens (primary N) is 1. The first-order valence-corrected chi connectivity index (χ1v) is 6.24. The average molecular weight is 197 g/mol. The summed E-state index contributed by atoms with van der Waals surface area (Å²) in [6.45, 7) is 7.00. The van der Waals surface area contributed by atoms with Gasteiger partial charge in [-0.2, -0.15) is 0 Å². The van der Waals surface area contributed by atoms with Crippen LogP contribution in [0.5, 0.6) is 0 Å². The van der Waals surface area contributed by atoms with Crippen LogP contribution in [0.25, 0.3) is 0 Å². The van der Waals surface area contributed by atoms with Crippen LogP contribution in [-0.4, -0.2) is 6.04 Å². The molecule has 2 atom stereocenters. The van der Waals surface area contributed by atoms with Crippen molar-refractivity contribution in [2.75, 3.05) is 0 Å². The van der Waals surface area contributed by atoms with Crippen molar-refractivity contribution < 1.29 is 0 Å². The molecule has 1 fully saturated rings. The highest BCUT2D eigenvalue weighted by atomic mass is 14.6. The fourth-order valence-electron chi connectivity index (χ4n) is 2.63. The van der Waals surface area contributed by atoms with E-state index in [1.165, 1.54) is 44.9 Å². The summed E-state index contributed by atoms with van der Waals surface area (Å²) in [6.07, 6.45) is 9.48. The highest BCUT2D eigenvalue weighted by molar-refractivity contribution is 4.79. The molecule has 0 radical (unpaired) electrons. The maximum atomic E-state index is 6.26. The molecule has 84 valence electrons. The van der Waals surface area contributed by atoms with Crippen molar-refractivity contribution in [3.63, 3.8) is 0 Å². The van der Waals surface area contributed by atoms with Crippen LogP contribution in [0.4, 0.5) is 0 Å². The first-order valence-electron chi connectivity index (χ1n) is 6.24. The average Bonchev–Trinajstić information content (AvgIpc) is 2.03. The minimum atomic E-state index is 0.446. The molecule has 0 saturated heterocycles. The van der Waals surface area contributed by atoms with Gasteiger partial charge >= 0.3 is 0 Å². The van der Waals surface area contributed by atoms with E-state index in [9.17, 15) is 0 Å². The third kappa shape index (κ3) is 4.45. The molecule has 1 aliphatic rings. The standard InChI is InChI=1S/C13H27N/c1-13(2,3)10-11-8-6-4-5-7-9-12(11)14/h11-12H,4-10,14H2,1-3H3/t11-,12-/m0/s1. The monoisotopic (exact) mass is 197 g/mol. The summed E-state index contributed by atoms with van der Waals surface area (Å²) in [5, 5.41) is 0. The predicted octanol–water partition coefficient (Wildman–Crippen LogP) is 3.72. The highest BCUT2D eigenvalue weighted by Crippen LogP contribution is 2.32. The maximum Gasteiger partial charge on any atom is 0.00673 e. The van der Waals surface area contributed by atoms with Gasteiger partial charge < -0.3 is 5.73 Å². The normalized spacial score (nSPS) is 30.9. The van der Waals surface area contributed by atoms with Crippen molar-refractivity contribution in [1.29, 1.82) is 0 Å². The van der Waals surface area contributed by atoms with Gasteiger partial charge in [0.05, 0.1) is 0 Å². The molecule has 0 bridgehead atoms. The minimum absolute atomic E-state index is 0.446. The van der Waals surface area contributed by atoms with Gasteiger partial charge in [0, 0.05) is 6.04 Å². The molecule has 14 heavy (non-hydrogen) atoms. The molecule has 2 N–H and O–H groups in total.